The topological polar surface area (TPSA) is 53.4 Å². The number of nitrogens with zero attached hydrogens (tertiary/aromatic N) is 2. The van der Waals surface area contributed by atoms with Crippen molar-refractivity contribution in [1.82, 2.24) is 9.55 Å². The van der Waals surface area contributed by atoms with Crippen molar-refractivity contribution in [3.8, 4) is 21.9 Å². The molecule has 2 aromatic heterocycles. The van der Waals surface area contributed by atoms with E-state index in [1.807, 2.05) is 49.4 Å². The Bertz CT molecular complexity index is 1210. The Hall–Kier alpha value is -3.12. The van der Waals surface area contributed by atoms with Gasteiger partial charge >= 0.3 is 0 Å². The van der Waals surface area contributed by atoms with Crippen LogP contribution in [0.15, 0.2) is 65.7 Å². The quantitative estimate of drug-likeness (QED) is 0.524. The highest BCUT2D eigenvalue weighted by molar-refractivity contribution is 7.22. The molecule has 0 fully saturated rings. The second-order valence-electron chi connectivity index (χ2n) is 6.80. The molecule has 0 aliphatic carbocycles. The summed E-state index contributed by atoms with van der Waals surface area (Å²) in [5, 5.41) is 0.684. The van der Waals surface area contributed by atoms with Crippen LogP contribution in [0.3, 0.4) is 0 Å². The van der Waals surface area contributed by atoms with Crippen LogP contribution in [0.4, 0.5) is 0 Å². The van der Waals surface area contributed by atoms with Gasteiger partial charge in [0, 0.05) is 4.88 Å². The second-order valence-corrected chi connectivity index (χ2v) is 7.80. The molecule has 0 unspecified atom stereocenters. The average molecular weight is 390 g/mol. The van der Waals surface area contributed by atoms with Crippen LogP contribution >= 0.6 is 11.3 Å². The third kappa shape index (κ3) is 2.86. The van der Waals surface area contributed by atoms with Gasteiger partial charge in [-0.15, -0.1) is 11.3 Å². The predicted molar refractivity (Wildman–Crippen MR) is 110 cm³/mol. The van der Waals surface area contributed by atoms with Crippen LogP contribution < -0.4 is 15.0 Å². The van der Waals surface area contributed by atoms with Gasteiger partial charge in [-0.3, -0.25) is 9.36 Å². The summed E-state index contributed by atoms with van der Waals surface area (Å²) in [6, 6.07) is 17.7. The molecule has 4 aromatic rings. The lowest BCUT2D eigenvalue weighted by atomic mass is 10.1. The largest absolute Gasteiger partial charge is 0.486 e. The van der Waals surface area contributed by atoms with Crippen molar-refractivity contribution in [2.75, 3.05) is 6.61 Å². The van der Waals surface area contributed by atoms with Crippen LogP contribution in [0.1, 0.15) is 5.56 Å². The van der Waals surface area contributed by atoms with E-state index in [-0.39, 0.29) is 11.7 Å². The molecule has 1 atom stereocenters. The Morgan fingerprint density at radius 1 is 1.11 bits per heavy atom. The number of rotatable bonds is 3. The van der Waals surface area contributed by atoms with E-state index in [1.54, 1.807) is 22.2 Å². The second kappa shape index (κ2) is 6.80. The minimum Gasteiger partial charge on any atom is -0.486 e. The van der Waals surface area contributed by atoms with Crippen molar-refractivity contribution >= 4 is 21.6 Å². The lowest BCUT2D eigenvalue weighted by Gasteiger charge is -2.26. The van der Waals surface area contributed by atoms with Gasteiger partial charge in [0.15, 0.2) is 17.6 Å². The smallest absolute Gasteiger partial charge is 0.262 e. The predicted octanol–water partition coefficient (Wildman–Crippen LogP) is 4.27. The molecule has 1 aliphatic heterocycles. The lowest BCUT2D eigenvalue weighted by molar-refractivity contribution is 0.0777. The van der Waals surface area contributed by atoms with Gasteiger partial charge in [0.05, 0.1) is 18.3 Å². The summed E-state index contributed by atoms with van der Waals surface area (Å²) in [6.45, 7) is 2.79. The Labute approximate surface area is 165 Å². The average Bonchev–Trinajstić information content (AvgIpc) is 3.08. The molecular formula is C22H18N2O3S. The Morgan fingerprint density at radius 3 is 2.68 bits per heavy atom. The third-order valence-corrected chi connectivity index (χ3v) is 6.17. The van der Waals surface area contributed by atoms with E-state index in [0.717, 1.165) is 26.6 Å². The van der Waals surface area contributed by atoms with Crippen molar-refractivity contribution in [2.24, 2.45) is 0 Å². The number of benzene rings is 2. The first-order chi connectivity index (χ1) is 13.7. The number of hydrogen-bond acceptors (Lipinski definition) is 5. The first-order valence-corrected chi connectivity index (χ1v) is 9.95. The van der Waals surface area contributed by atoms with E-state index < -0.39 is 0 Å². The Morgan fingerprint density at radius 2 is 1.86 bits per heavy atom. The van der Waals surface area contributed by atoms with Gasteiger partial charge in [-0.1, -0.05) is 42.5 Å². The zero-order valence-electron chi connectivity index (χ0n) is 15.3. The summed E-state index contributed by atoms with van der Waals surface area (Å²) >= 11 is 1.56. The van der Waals surface area contributed by atoms with Crippen LogP contribution in [-0.4, -0.2) is 22.3 Å². The Kier molecular flexibility index (Phi) is 4.13. The standard InChI is InChI=1S/C22H18N2O3S/c1-14-19-21(28-20(14)15-7-3-2-4-8-15)23-13-24(22(19)25)11-16-12-26-17-9-5-6-10-18(17)27-16/h2-10,13,16H,11-12H2,1H3/t16-/m1/s1. The number of aryl methyl sites for hydroxylation is 1. The first-order valence-electron chi connectivity index (χ1n) is 9.13. The van der Waals surface area contributed by atoms with E-state index >= 15 is 0 Å². The van der Waals surface area contributed by atoms with Gasteiger partial charge in [-0.25, -0.2) is 4.98 Å². The van der Waals surface area contributed by atoms with Crippen LogP contribution in [0, 0.1) is 6.92 Å². The van der Waals surface area contributed by atoms with Crippen LogP contribution in [0.25, 0.3) is 20.7 Å². The number of thiophene rings is 1. The van der Waals surface area contributed by atoms with Gasteiger partial charge in [0.25, 0.3) is 5.56 Å². The molecule has 0 N–H and O–H groups in total. The minimum absolute atomic E-state index is 0.0385. The molecule has 2 aromatic carbocycles. The molecule has 3 heterocycles. The molecule has 6 heteroatoms. The van der Waals surface area contributed by atoms with Crippen molar-refractivity contribution in [3.63, 3.8) is 0 Å². The molecule has 0 radical (unpaired) electrons. The molecule has 140 valence electrons. The molecule has 1 aliphatic rings. The molecule has 0 saturated heterocycles. The van der Waals surface area contributed by atoms with Gasteiger partial charge in [0.2, 0.25) is 0 Å². The maximum atomic E-state index is 13.1. The van der Waals surface area contributed by atoms with Crippen LogP contribution in [0.2, 0.25) is 0 Å². The van der Waals surface area contributed by atoms with Crippen molar-refractivity contribution < 1.29 is 9.47 Å². The third-order valence-electron chi connectivity index (χ3n) is 4.92. The first kappa shape index (κ1) is 17.0. The van der Waals surface area contributed by atoms with Crippen molar-refractivity contribution in [1.29, 1.82) is 0 Å². The molecule has 0 saturated carbocycles. The van der Waals surface area contributed by atoms with E-state index in [4.69, 9.17) is 9.47 Å². The molecule has 5 rings (SSSR count). The fraction of sp³-hybridized carbons (Fsp3) is 0.182. The highest BCUT2D eigenvalue weighted by Gasteiger charge is 2.23. The van der Waals surface area contributed by atoms with Crippen molar-refractivity contribution in [2.45, 2.75) is 19.6 Å². The van der Waals surface area contributed by atoms with E-state index in [2.05, 4.69) is 17.1 Å². The molecule has 0 bridgehead atoms. The summed E-state index contributed by atoms with van der Waals surface area (Å²) in [5.41, 5.74) is 2.04. The van der Waals surface area contributed by atoms with Crippen molar-refractivity contribution in [3.05, 3.63) is 76.8 Å². The molecule has 0 spiro atoms. The number of fused-ring (bicyclic) bond motifs is 2. The summed E-state index contributed by atoms with van der Waals surface area (Å²) in [5.74, 6) is 1.44. The van der Waals surface area contributed by atoms with E-state index in [9.17, 15) is 4.79 Å². The summed E-state index contributed by atoms with van der Waals surface area (Å²) in [4.78, 5) is 19.5. The monoisotopic (exact) mass is 390 g/mol. The number of hydrogen-bond donors (Lipinski definition) is 0. The summed E-state index contributed by atoms with van der Waals surface area (Å²) < 4.78 is 13.4. The fourth-order valence-electron chi connectivity index (χ4n) is 3.53. The van der Waals surface area contributed by atoms with Gasteiger partial charge in [0.1, 0.15) is 11.4 Å². The highest BCUT2D eigenvalue weighted by atomic mass is 32.1. The van der Waals surface area contributed by atoms with Crippen LogP contribution in [-0.2, 0) is 6.54 Å². The number of aromatic nitrogens is 2. The SMILES string of the molecule is Cc1c(-c2ccccc2)sc2ncn(C[C@@H]3COc4ccccc4O3)c(=O)c12. The van der Waals surface area contributed by atoms with Gasteiger partial charge in [-0.2, -0.15) is 0 Å². The molecule has 28 heavy (non-hydrogen) atoms. The van der Waals surface area contributed by atoms with Crippen LogP contribution in [0.5, 0.6) is 11.5 Å². The maximum absolute atomic E-state index is 13.1. The normalized spacial score (nSPS) is 15.7. The fourth-order valence-corrected chi connectivity index (χ4v) is 4.67. The molecule has 0 amide bonds. The zero-order chi connectivity index (χ0) is 19.1. The molecular weight excluding hydrogens is 372 g/mol. The minimum atomic E-state index is -0.237. The molecule has 5 nitrogen and oxygen atoms in total. The number of ether oxygens (including phenoxy) is 2. The maximum Gasteiger partial charge on any atom is 0.262 e. The lowest BCUT2D eigenvalue weighted by Crippen LogP contribution is -2.36. The Balaban J connectivity index is 1.49. The highest BCUT2D eigenvalue weighted by Crippen LogP contribution is 2.35. The van der Waals surface area contributed by atoms with E-state index in [1.165, 1.54) is 0 Å². The van der Waals surface area contributed by atoms with Gasteiger partial charge < -0.3 is 9.47 Å². The zero-order valence-corrected chi connectivity index (χ0v) is 16.1. The van der Waals surface area contributed by atoms with Gasteiger partial charge in [-0.05, 0) is 30.2 Å². The number of para-hydroxylation sites is 2. The van der Waals surface area contributed by atoms with E-state index in [0.29, 0.717) is 24.3 Å². The summed E-state index contributed by atoms with van der Waals surface area (Å²) in [6.07, 6.45) is 1.37. The summed E-state index contributed by atoms with van der Waals surface area (Å²) in [7, 11) is 0.